The van der Waals surface area contributed by atoms with Gasteiger partial charge in [0.1, 0.15) is 0 Å². The van der Waals surface area contributed by atoms with Crippen molar-refractivity contribution in [1.82, 2.24) is 15.1 Å². The Morgan fingerprint density at radius 1 is 1.26 bits per heavy atom. The molecule has 27 heavy (non-hydrogen) atoms. The molecule has 1 unspecified atom stereocenters. The average Bonchev–Trinajstić information content (AvgIpc) is 3.29. The van der Waals surface area contributed by atoms with Crippen LogP contribution in [0, 0.1) is 5.41 Å². The number of guanidine groups is 1. The lowest BCUT2D eigenvalue weighted by atomic mass is 9.87. The molecule has 6 nitrogen and oxygen atoms in total. The molecule has 3 rings (SSSR count). The zero-order valence-electron chi connectivity index (χ0n) is 17.6. The van der Waals surface area contributed by atoms with E-state index in [0.717, 1.165) is 71.3 Å². The van der Waals surface area contributed by atoms with Crippen LogP contribution in [0.15, 0.2) is 4.99 Å². The Kier molecular flexibility index (Phi) is 8.64. The fourth-order valence-corrected chi connectivity index (χ4v) is 4.58. The fraction of sp³-hybridized carbons (Fsp3) is 0.950. The Morgan fingerprint density at radius 2 is 2.00 bits per heavy atom. The standard InChI is InChI=1S/C20H38N4O2.HI/c1-5-21-18(23-12-8-20(15-23)9-13-26-16-20)22-14-19(2,3)24-10-6-17(25-4)7-11-24;/h17H,5-16H2,1-4H3,(H,21,22);1H. The van der Waals surface area contributed by atoms with Crippen LogP contribution in [0.4, 0.5) is 0 Å². The highest BCUT2D eigenvalue weighted by molar-refractivity contribution is 14.0. The Hall–Kier alpha value is -0.120. The van der Waals surface area contributed by atoms with Gasteiger partial charge in [0.05, 0.1) is 19.3 Å². The smallest absolute Gasteiger partial charge is 0.194 e. The van der Waals surface area contributed by atoms with E-state index in [1.165, 1.54) is 12.8 Å². The first-order chi connectivity index (χ1) is 12.5. The summed E-state index contributed by atoms with van der Waals surface area (Å²) in [5.41, 5.74) is 0.445. The zero-order valence-corrected chi connectivity index (χ0v) is 20.0. The normalized spacial score (nSPS) is 28.0. The van der Waals surface area contributed by atoms with E-state index in [4.69, 9.17) is 14.5 Å². The highest BCUT2D eigenvalue weighted by Gasteiger charge is 2.42. The Morgan fingerprint density at radius 3 is 2.59 bits per heavy atom. The number of halogens is 1. The van der Waals surface area contributed by atoms with Crippen molar-refractivity contribution in [3.05, 3.63) is 0 Å². The SMILES string of the molecule is CCNC(=NCC(C)(C)N1CCC(OC)CC1)N1CCC2(CCOC2)C1.I. The molecule has 3 aliphatic rings. The maximum absolute atomic E-state index is 5.68. The summed E-state index contributed by atoms with van der Waals surface area (Å²) in [5.74, 6) is 1.08. The molecule has 0 bridgehead atoms. The van der Waals surface area contributed by atoms with Crippen molar-refractivity contribution >= 4 is 29.9 Å². The van der Waals surface area contributed by atoms with Crippen LogP contribution in [-0.4, -0.2) is 87.0 Å². The van der Waals surface area contributed by atoms with Crippen LogP contribution in [0.1, 0.15) is 46.5 Å². The minimum absolute atomic E-state index is 0. The van der Waals surface area contributed by atoms with Gasteiger partial charge in [-0.05, 0) is 46.5 Å². The topological polar surface area (TPSA) is 49.3 Å². The molecule has 3 aliphatic heterocycles. The Balaban J connectivity index is 0.00000261. The molecular weight excluding hydrogens is 455 g/mol. The lowest BCUT2D eigenvalue weighted by molar-refractivity contribution is 0.00904. The second-order valence-corrected chi connectivity index (χ2v) is 8.88. The fourth-order valence-electron chi connectivity index (χ4n) is 4.58. The summed E-state index contributed by atoms with van der Waals surface area (Å²) in [5, 5.41) is 3.52. The Labute approximate surface area is 182 Å². The van der Waals surface area contributed by atoms with Crippen molar-refractivity contribution in [2.75, 3.05) is 59.6 Å². The van der Waals surface area contributed by atoms with Gasteiger partial charge in [-0.2, -0.15) is 0 Å². The monoisotopic (exact) mass is 494 g/mol. The van der Waals surface area contributed by atoms with Gasteiger partial charge in [0.15, 0.2) is 5.96 Å². The maximum atomic E-state index is 5.68. The summed E-state index contributed by atoms with van der Waals surface area (Å²) in [4.78, 5) is 10.1. The molecule has 3 saturated heterocycles. The molecule has 0 aromatic carbocycles. The van der Waals surface area contributed by atoms with Gasteiger partial charge in [-0.25, -0.2) is 0 Å². The highest BCUT2D eigenvalue weighted by Crippen LogP contribution is 2.38. The summed E-state index contributed by atoms with van der Waals surface area (Å²) < 4.78 is 11.2. The van der Waals surface area contributed by atoms with E-state index >= 15 is 0 Å². The van der Waals surface area contributed by atoms with Gasteiger partial charge >= 0.3 is 0 Å². The third-order valence-electron chi connectivity index (χ3n) is 6.50. The van der Waals surface area contributed by atoms with Gasteiger partial charge in [-0.3, -0.25) is 9.89 Å². The van der Waals surface area contributed by atoms with E-state index in [2.05, 4.69) is 35.9 Å². The molecule has 0 aromatic rings. The van der Waals surface area contributed by atoms with E-state index in [-0.39, 0.29) is 29.5 Å². The van der Waals surface area contributed by atoms with Gasteiger partial charge in [0.2, 0.25) is 0 Å². The molecular formula is C20H39IN4O2. The van der Waals surface area contributed by atoms with Crippen LogP contribution >= 0.6 is 24.0 Å². The van der Waals surface area contributed by atoms with Crippen LogP contribution in [0.3, 0.4) is 0 Å². The minimum atomic E-state index is 0. The van der Waals surface area contributed by atoms with Gasteiger partial charge in [-0.1, -0.05) is 0 Å². The van der Waals surface area contributed by atoms with E-state index in [9.17, 15) is 0 Å². The Bertz CT molecular complexity index is 486. The molecule has 1 atom stereocenters. The predicted octanol–water partition coefficient (Wildman–Crippen LogP) is 2.57. The number of aliphatic imine (C=N–C) groups is 1. The van der Waals surface area contributed by atoms with Crippen LogP contribution in [0.2, 0.25) is 0 Å². The van der Waals surface area contributed by atoms with Crippen LogP contribution < -0.4 is 5.32 Å². The molecule has 0 amide bonds. The molecule has 0 radical (unpaired) electrons. The second kappa shape index (κ2) is 10.1. The third kappa shape index (κ3) is 5.70. The van der Waals surface area contributed by atoms with Crippen LogP contribution in [0.25, 0.3) is 0 Å². The van der Waals surface area contributed by atoms with Gasteiger partial charge in [0.25, 0.3) is 0 Å². The van der Waals surface area contributed by atoms with E-state index < -0.39 is 0 Å². The molecule has 1 N–H and O–H groups in total. The van der Waals surface area contributed by atoms with Crippen molar-refractivity contribution < 1.29 is 9.47 Å². The van der Waals surface area contributed by atoms with Gasteiger partial charge in [-0.15, -0.1) is 24.0 Å². The molecule has 0 aromatic heterocycles. The quantitative estimate of drug-likeness (QED) is 0.362. The van der Waals surface area contributed by atoms with Crippen LogP contribution in [0.5, 0.6) is 0 Å². The number of ether oxygens (including phenoxy) is 2. The molecule has 0 aliphatic carbocycles. The molecule has 1 spiro atoms. The lowest BCUT2D eigenvalue weighted by Gasteiger charge is -2.42. The number of methoxy groups -OCH3 is 1. The molecule has 3 heterocycles. The molecule has 7 heteroatoms. The first-order valence-electron chi connectivity index (χ1n) is 10.4. The molecule has 0 saturated carbocycles. The summed E-state index contributed by atoms with van der Waals surface area (Å²) in [6.07, 6.45) is 5.10. The number of hydrogen-bond donors (Lipinski definition) is 1. The largest absolute Gasteiger partial charge is 0.381 e. The number of hydrogen-bond acceptors (Lipinski definition) is 4. The third-order valence-corrected chi connectivity index (χ3v) is 6.50. The van der Waals surface area contributed by atoms with Crippen molar-refractivity contribution in [3.8, 4) is 0 Å². The van der Waals surface area contributed by atoms with E-state index in [0.29, 0.717) is 11.5 Å². The van der Waals surface area contributed by atoms with Gasteiger partial charge < -0.3 is 19.7 Å². The van der Waals surface area contributed by atoms with Gasteiger partial charge in [0, 0.05) is 57.4 Å². The first-order valence-corrected chi connectivity index (χ1v) is 10.4. The minimum Gasteiger partial charge on any atom is -0.381 e. The van der Waals surface area contributed by atoms with Crippen LogP contribution in [-0.2, 0) is 9.47 Å². The summed E-state index contributed by atoms with van der Waals surface area (Å²) in [6.45, 7) is 14.8. The highest BCUT2D eigenvalue weighted by atomic mass is 127. The number of piperidine rings is 1. The summed E-state index contributed by atoms with van der Waals surface area (Å²) in [7, 11) is 1.83. The summed E-state index contributed by atoms with van der Waals surface area (Å²) in [6, 6.07) is 0. The average molecular weight is 494 g/mol. The lowest BCUT2D eigenvalue weighted by Crippen LogP contribution is -2.52. The van der Waals surface area contributed by atoms with Crippen molar-refractivity contribution in [1.29, 1.82) is 0 Å². The molecule has 3 fully saturated rings. The predicted molar refractivity (Wildman–Crippen MR) is 121 cm³/mol. The number of rotatable bonds is 5. The number of nitrogens with one attached hydrogen (secondary N) is 1. The first kappa shape index (κ1) is 23.2. The number of nitrogens with zero attached hydrogens (tertiary/aromatic N) is 3. The number of likely N-dealkylation sites (tertiary alicyclic amines) is 2. The molecule has 158 valence electrons. The van der Waals surface area contributed by atoms with Crippen molar-refractivity contribution in [2.24, 2.45) is 10.4 Å². The zero-order chi connectivity index (χ0) is 18.6. The van der Waals surface area contributed by atoms with E-state index in [1.54, 1.807) is 0 Å². The van der Waals surface area contributed by atoms with Crippen molar-refractivity contribution in [2.45, 2.75) is 58.1 Å². The van der Waals surface area contributed by atoms with E-state index in [1.807, 2.05) is 7.11 Å². The second-order valence-electron chi connectivity index (χ2n) is 8.88. The van der Waals surface area contributed by atoms with Crippen molar-refractivity contribution in [3.63, 3.8) is 0 Å². The maximum Gasteiger partial charge on any atom is 0.194 e. The summed E-state index contributed by atoms with van der Waals surface area (Å²) >= 11 is 0.